The average Bonchev–Trinajstić information content (AvgIpc) is 3.96. The molecule has 5 nitrogen and oxygen atoms in total. The molecular weight excluding hydrogens is 642 g/mol. The summed E-state index contributed by atoms with van der Waals surface area (Å²) in [4.78, 5) is 17.3. The number of hydrogen-bond donors (Lipinski definition) is 0. The van der Waals surface area contributed by atoms with Gasteiger partial charge in [0, 0.05) is 36.8 Å². The van der Waals surface area contributed by atoms with Gasteiger partial charge in [0.25, 0.3) is 0 Å². The van der Waals surface area contributed by atoms with Crippen LogP contribution in [0.1, 0.15) is 66.1 Å². The molecule has 7 heteroatoms. The summed E-state index contributed by atoms with van der Waals surface area (Å²) in [5, 5.41) is 0. The highest BCUT2D eigenvalue weighted by Crippen LogP contribution is 2.52. The lowest BCUT2D eigenvalue weighted by atomic mass is 9.75. The van der Waals surface area contributed by atoms with Crippen molar-refractivity contribution in [1.82, 2.24) is 4.90 Å². The summed E-state index contributed by atoms with van der Waals surface area (Å²) in [6, 6.07) is 42.2. The Hall–Kier alpha value is -5.27. The predicted octanol–water partition coefficient (Wildman–Crippen LogP) is 9.80. The van der Waals surface area contributed by atoms with Crippen molar-refractivity contribution in [2.45, 2.75) is 63.9 Å². The molecule has 1 atom stereocenters. The van der Waals surface area contributed by atoms with Crippen LogP contribution in [-0.4, -0.2) is 30.1 Å². The molecule has 0 N–H and O–H groups in total. The largest absolute Gasteiger partial charge is 0.463 e. The molecule has 5 aromatic carbocycles. The minimum Gasteiger partial charge on any atom is -0.463 e. The van der Waals surface area contributed by atoms with Gasteiger partial charge in [-0.3, -0.25) is 4.90 Å². The fourth-order valence-electron chi connectivity index (χ4n) is 8.20. The number of hydrogen-bond acceptors (Lipinski definition) is 5. The molecular formula is C44H40F2N2O3. The van der Waals surface area contributed by atoms with Gasteiger partial charge in [-0.25, -0.2) is 4.79 Å². The quantitative estimate of drug-likeness (QED) is 0.108. The molecule has 1 saturated carbocycles. The van der Waals surface area contributed by atoms with Gasteiger partial charge in [-0.1, -0.05) is 115 Å². The van der Waals surface area contributed by atoms with Crippen LogP contribution < -0.4 is 9.64 Å². The van der Waals surface area contributed by atoms with E-state index in [9.17, 15) is 13.6 Å². The number of benzene rings is 5. The number of anilines is 1. The van der Waals surface area contributed by atoms with E-state index in [2.05, 4.69) is 96.8 Å². The number of carbonyl (C=O) groups is 1. The van der Waals surface area contributed by atoms with E-state index in [1.165, 1.54) is 22.3 Å². The second-order valence-corrected chi connectivity index (χ2v) is 13.5. The lowest BCUT2D eigenvalue weighted by Gasteiger charge is -2.46. The van der Waals surface area contributed by atoms with Gasteiger partial charge in [0.2, 0.25) is 0 Å². The third kappa shape index (κ3) is 5.79. The Bertz CT molecular complexity index is 1980. The van der Waals surface area contributed by atoms with Gasteiger partial charge in [0.15, 0.2) is 5.75 Å². The first-order valence-corrected chi connectivity index (χ1v) is 17.7. The summed E-state index contributed by atoms with van der Waals surface area (Å²) >= 11 is 0. The van der Waals surface area contributed by atoms with Crippen LogP contribution in [0.15, 0.2) is 133 Å². The minimum absolute atomic E-state index is 0.0341. The smallest absolute Gasteiger partial charge is 0.387 e. The lowest BCUT2D eigenvalue weighted by Crippen LogP contribution is -2.46. The lowest BCUT2D eigenvalue weighted by molar-refractivity contribution is -0.138. The van der Waals surface area contributed by atoms with Crippen molar-refractivity contribution in [1.29, 1.82) is 0 Å². The van der Waals surface area contributed by atoms with Crippen LogP contribution in [0.2, 0.25) is 0 Å². The molecule has 5 aromatic rings. The zero-order chi connectivity index (χ0) is 35.1. The van der Waals surface area contributed by atoms with Crippen LogP contribution in [-0.2, 0) is 28.0 Å². The molecule has 0 saturated heterocycles. The van der Waals surface area contributed by atoms with Crippen molar-refractivity contribution >= 4 is 11.7 Å². The van der Waals surface area contributed by atoms with E-state index in [-0.39, 0.29) is 36.8 Å². The van der Waals surface area contributed by atoms with E-state index in [1.807, 2.05) is 41.3 Å². The van der Waals surface area contributed by atoms with Crippen LogP contribution in [0.5, 0.6) is 5.75 Å². The van der Waals surface area contributed by atoms with Gasteiger partial charge < -0.3 is 14.4 Å². The molecule has 2 heterocycles. The third-order valence-corrected chi connectivity index (χ3v) is 10.6. The van der Waals surface area contributed by atoms with Gasteiger partial charge >= 0.3 is 12.6 Å². The Morgan fingerprint density at radius 3 is 1.98 bits per heavy atom. The monoisotopic (exact) mass is 682 g/mol. The minimum atomic E-state index is -3.01. The standard InChI is InChI=1S/C44H40F2N2O3/c1-3-50-42(49)33-26-31-20-24-39(41(51-43(45)46)40(31)47(27-33)37-21-22-37)30-19-23-38-29(2)48(28-32(38)25-30)44(34-13-7-4-8-14-34,35-15-9-5-10-16-35)36-17-11-6-12-18-36/h4-20,23-25,27,29,37,43H,3,21-22,26,28H2,1-2H3. The highest BCUT2D eigenvalue weighted by molar-refractivity contribution is 5.93. The van der Waals surface area contributed by atoms with Crippen LogP contribution in [0.25, 0.3) is 11.1 Å². The number of rotatable bonds is 10. The number of esters is 1. The van der Waals surface area contributed by atoms with E-state index in [0.29, 0.717) is 23.4 Å². The fraction of sp³-hybridized carbons (Fsp3) is 0.250. The second kappa shape index (κ2) is 13.5. The van der Waals surface area contributed by atoms with Crippen molar-refractivity contribution in [3.63, 3.8) is 0 Å². The van der Waals surface area contributed by atoms with Crippen LogP contribution in [0, 0.1) is 0 Å². The van der Waals surface area contributed by atoms with Crippen LogP contribution in [0.3, 0.4) is 0 Å². The molecule has 2 aliphatic heterocycles. The van der Waals surface area contributed by atoms with Crippen molar-refractivity contribution in [2.24, 2.45) is 0 Å². The Kier molecular flexibility index (Phi) is 8.68. The molecule has 0 aromatic heterocycles. The summed E-state index contributed by atoms with van der Waals surface area (Å²) in [5.41, 5.74) is 8.52. The van der Waals surface area contributed by atoms with E-state index in [1.54, 1.807) is 13.1 Å². The number of nitrogens with zero attached hydrogens (tertiary/aromatic N) is 2. The Labute approximate surface area is 297 Å². The summed E-state index contributed by atoms with van der Waals surface area (Å²) in [6.45, 7) is 1.91. The Balaban J connectivity index is 1.24. The number of ether oxygens (including phenoxy) is 2. The maximum absolute atomic E-state index is 14.2. The molecule has 8 rings (SSSR count). The SMILES string of the molecule is CCOC(=O)C1=CN(C2CC2)c2c(ccc(-c3ccc4c(c3)CN(C(c3ccccc3)(c3ccccc3)c3ccccc3)C4C)c2OC(F)F)C1. The number of fused-ring (bicyclic) bond motifs is 2. The molecule has 0 radical (unpaired) electrons. The molecule has 258 valence electrons. The van der Waals surface area contributed by atoms with Crippen molar-refractivity contribution in [2.75, 3.05) is 11.5 Å². The number of carbonyl (C=O) groups excluding carboxylic acids is 1. The summed E-state index contributed by atoms with van der Waals surface area (Å²) in [6.07, 6.45) is 3.87. The van der Waals surface area contributed by atoms with Gasteiger partial charge in [-0.05, 0) is 71.7 Å². The van der Waals surface area contributed by atoms with Crippen molar-refractivity contribution in [3.8, 4) is 16.9 Å². The fourth-order valence-corrected chi connectivity index (χ4v) is 8.20. The van der Waals surface area contributed by atoms with E-state index >= 15 is 0 Å². The normalized spacial score (nSPS) is 17.2. The first-order chi connectivity index (χ1) is 24.9. The highest BCUT2D eigenvalue weighted by Gasteiger charge is 2.47. The zero-order valence-corrected chi connectivity index (χ0v) is 28.8. The first kappa shape index (κ1) is 32.9. The van der Waals surface area contributed by atoms with Crippen molar-refractivity contribution in [3.05, 3.63) is 166 Å². The maximum Gasteiger partial charge on any atom is 0.387 e. The molecule has 1 aliphatic carbocycles. The van der Waals surface area contributed by atoms with E-state index < -0.39 is 12.2 Å². The average molecular weight is 683 g/mol. The zero-order valence-electron chi connectivity index (χ0n) is 28.8. The molecule has 1 unspecified atom stereocenters. The maximum atomic E-state index is 14.2. The third-order valence-electron chi connectivity index (χ3n) is 10.6. The predicted molar refractivity (Wildman–Crippen MR) is 196 cm³/mol. The van der Waals surface area contributed by atoms with Gasteiger partial charge in [0.05, 0.1) is 23.4 Å². The first-order valence-electron chi connectivity index (χ1n) is 17.7. The van der Waals surface area contributed by atoms with Gasteiger partial charge in [0.1, 0.15) is 0 Å². The highest BCUT2D eigenvalue weighted by atomic mass is 19.3. The molecule has 0 spiro atoms. The molecule has 51 heavy (non-hydrogen) atoms. The van der Waals surface area contributed by atoms with Gasteiger partial charge in [-0.2, -0.15) is 8.78 Å². The van der Waals surface area contributed by atoms with Crippen molar-refractivity contribution < 1.29 is 23.0 Å². The van der Waals surface area contributed by atoms with Crippen LogP contribution in [0.4, 0.5) is 14.5 Å². The summed E-state index contributed by atoms with van der Waals surface area (Å²) < 4.78 is 39.2. The molecule has 1 fully saturated rings. The molecule has 0 amide bonds. The van der Waals surface area contributed by atoms with Gasteiger partial charge in [-0.15, -0.1) is 0 Å². The summed E-state index contributed by atoms with van der Waals surface area (Å²) in [7, 11) is 0. The summed E-state index contributed by atoms with van der Waals surface area (Å²) in [5.74, 6) is -0.243. The molecule has 0 bridgehead atoms. The van der Waals surface area contributed by atoms with E-state index in [4.69, 9.17) is 9.47 Å². The number of halogens is 2. The number of alkyl halides is 2. The molecule has 3 aliphatic rings. The Morgan fingerprint density at radius 2 is 1.43 bits per heavy atom. The second-order valence-electron chi connectivity index (χ2n) is 13.5. The topological polar surface area (TPSA) is 42.0 Å². The van der Waals surface area contributed by atoms with E-state index in [0.717, 1.165) is 29.5 Å². The Morgan fingerprint density at radius 1 is 0.824 bits per heavy atom. The van der Waals surface area contributed by atoms with Crippen LogP contribution >= 0.6 is 0 Å².